The maximum Gasteiger partial charge on any atom is 0.252 e. The zero-order chi connectivity index (χ0) is 85.0. The molecule has 0 spiro atoms. The van der Waals surface area contributed by atoms with Crippen molar-refractivity contribution in [1.82, 2.24) is 19.6 Å². The van der Waals surface area contributed by atoms with Gasteiger partial charge in [0.1, 0.15) is 48.8 Å². The highest BCUT2D eigenvalue weighted by atomic mass is 35.5. The van der Waals surface area contributed by atoms with Crippen LogP contribution in [0, 0.1) is 23.7 Å². The summed E-state index contributed by atoms with van der Waals surface area (Å²) in [4.78, 5) is 61.1. The standard InChI is InChI=1S/4C23H25Cl2NO4.3CH4/c4*24-17-8-6-15(7-9-17)21-22(16-2-1-3-18(25)10-16)30-20(11-19(28)13-27)23(29)26(21)12-14-4-5-14;;;/h4*1-3,6-10,14,19-22,27-28H,4-5,11-13H2;3*1H4/t19-,20+,21+,22-;19-,20+,21-,22+;19-,20-,21+,22-;19-,20-,21-,22+;;;/m1100.../s1. The molecule has 4 amide bonds. The summed E-state index contributed by atoms with van der Waals surface area (Å²) in [7, 11) is 0. The molecule has 28 heteroatoms. The van der Waals surface area contributed by atoms with Crippen LogP contribution in [0.15, 0.2) is 194 Å². The van der Waals surface area contributed by atoms with E-state index in [0.29, 0.717) is 90.0 Å². The third kappa shape index (κ3) is 26.4. The molecule has 16 rings (SSSR count). The predicted molar refractivity (Wildman–Crippen MR) is 482 cm³/mol. The van der Waals surface area contributed by atoms with Gasteiger partial charge in [-0.15, -0.1) is 0 Å². The first-order chi connectivity index (χ1) is 57.8. The number of rotatable bonds is 28. The summed E-state index contributed by atoms with van der Waals surface area (Å²) in [5.74, 6) is 1.27. The van der Waals surface area contributed by atoms with Crippen LogP contribution in [0.3, 0.4) is 0 Å². The largest absolute Gasteiger partial charge is 0.394 e. The number of hydrogen-bond donors (Lipinski definition) is 8. The Morgan fingerprint density at radius 2 is 0.447 bits per heavy atom. The van der Waals surface area contributed by atoms with Crippen molar-refractivity contribution in [2.45, 2.75) is 197 Å². The van der Waals surface area contributed by atoms with E-state index in [2.05, 4.69) is 0 Å². The molecule has 4 saturated heterocycles. The third-order valence-corrected chi connectivity index (χ3v) is 24.9. The summed E-state index contributed by atoms with van der Waals surface area (Å²) in [6, 6.07) is 58.3. The Balaban J connectivity index is 0.000000170. The topological polar surface area (TPSA) is 280 Å². The van der Waals surface area contributed by atoms with Crippen LogP contribution in [0.25, 0.3) is 0 Å². The molecule has 664 valence electrons. The van der Waals surface area contributed by atoms with Gasteiger partial charge in [-0.3, -0.25) is 19.2 Å². The van der Waals surface area contributed by atoms with Gasteiger partial charge in [0.2, 0.25) is 0 Å². The molecule has 8 aromatic rings. The van der Waals surface area contributed by atoms with Crippen molar-refractivity contribution >= 4 is 116 Å². The van der Waals surface area contributed by atoms with Gasteiger partial charge in [0.05, 0.1) is 75.0 Å². The Labute approximate surface area is 761 Å². The number of benzene rings is 8. The summed E-state index contributed by atoms with van der Waals surface area (Å²) in [6.07, 6.45) is -0.284. The Kier molecular flexibility index (Phi) is 36.9. The van der Waals surface area contributed by atoms with Crippen LogP contribution >= 0.6 is 92.8 Å². The molecular formula is C95H112Cl8N4O16. The fraction of sp³-hybridized carbons (Fsp3) is 0.453. The van der Waals surface area contributed by atoms with Crippen molar-refractivity contribution < 1.29 is 79.0 Å². The Morgan fingerprint density at radius 1 is 0.268 bits per heavy atom. The summed E-state index contributed by atoms with van der Waals surface area (Å²) in [6.45, 7) is 0.875. The van der Waals surface area contributed by atoms with Crippen LogP contribution in [0.2, 0.25) is 40.2 Å². The number of hydrogen-bond acceptors (Lipinski definition) is 16. The lowest BCUT2D eigenvalue weighted by Crippen LogP contribution is -2.52. The monoisotopic (exact) mass is 1840 g/mol. The minimum absolute atomic E-state index is 0. The molecular weight excluding hydrogens is 1740 g/mol. The SMILES string of the molecule is C.C.C.O=C1[C@H](C[C@@H](O)CO)O[C@@H](c2cccc(Cl)c2)[C@@H](c2ccc(Cl)cc2)N1CC1CC1.O=C1[C@H](C[C@@H](O)CO)O[C@H](c2cccc(Cl)c2)[C@H](c2ccc(Cl)cc2)N1CC1CC1.O=C1[C@H](C[C@H](O)CO)O[C@@H](c2cccc(Cl)c2)[C@@H](c2ccc(Cl)cc2)N1CC1CC1.O=C1[C@H](C[C@H](O)CO)O[C@H](c2cccc(Cl)c2)[C@H](c2ccc(Cl)cc2)N1CC1CC1. The number of amides is 4. The maximum absolute atomic E-state index is 13.4. The molecule has 8 aliphatic rings. The molecule has 0 radical (unpaired) electrons. The number of halogens is 8. The first-order valence-electron chi connectivity index (χ1n) is 40.9. The summed E-state index contributed by atoms with van der Waals surface area (Å²) in [5, 5.41) is 81.9. The van der Waals surface area contributed by atoms with E-state index in [1.807, 2.05) is 189 Å². The van der Waals surface area contributed by atoms with E-state index in [1.54, 1.807) is 24.3 Å². The molecule has 0 bridgehead atoms. The summed E-state index contributed by atoms with van der Waals surface area (Å²) < 4.78 is 25.2. The smallest absolute Gasteiger partial charge is 0.252 e. The average molecular weight is 1850 g/mol. The van der Waals surface area contributed by atoms with E-state index in [1.165, 1.54) is 0 Å². The Bertz CT molecular complexity index is 4140. The van der Waals surface area contributed by atoms with Gasteiger partial charge >= 0.3 is 0 Å². The molecule has 4 heterocycles. The van der Waals surface area contributed by atoms with Crippen LogP contribution in [-0.4, -0.2) is 186 Å². The maximum atomic E-state index is 13.4. The van der Waals surface area contributed by atoms with E-state index in [-0.39, 0.29) is 95.8 Å². The van der Waals surface area contributed by atoms with Crippen molar-refractivity contribution in [3.8, 4) is 0 Å². The van der Waals surface area contributed by atoms with E-state index in [0.717, 1.165) is 95.9 Å². The molecule has 123 heavy (non-hydrogen) atoms. The summed E-state index contributed by atoms with van der Waals surface area (Å²) in [5.41, 5.74) is 7.16. The number of morpholine rings is 4. The van der Waals surface area contributed by atoms with Crippen molar-refractivity contribution in [2.24, 2.45) is 23.7 Å². The second kappa shape index (κ2) is 46.0. The fourth-order valence-corrected chi connectivity index (χ4v) is 17.4. The normalized spacial score (nSPS) is 24.8. The van der Waals surface area contributed by atoms with Crippen LogP contribution in [0.1, 0.15) is 192 Å². The molecule has 4 aliphatic heterocycles. The summed E-state index contributed by atoms with van der Waals surface area (Å²) >= 11 is 49.4. The van der Waals surface area contributed by atoms with E-state index >= 15 is 0 Å². The lowest BCUT2D eigenvalue weighted by Gasteiger charge is -2.45. The fourth-order valence-electron chi connectivity index (χ4n) is 16.1. The van der Waals surface area contributed by atoms with Gasteiger partial charge in [-0.2, -0.15) is 0 Å². The Hall–Kier alpha value is -6.52. The number of carbonyl (C=O) groups excluding carboxylic acids is 4. The molecule has 4 aliphatic carbocycles. The molecule has 0 unspecified atom stereocenters. The third-order valence-electron chi connectivity index (χ3n) is 22.9. The van der Waals surface area contributed by atoms with Crippen LogP contribution in [-0.2, 0) is 38.1 Å². The van der Waals surface area contributed by atoms with Crippen LogP contribution < -0.4 is 0 Å². The van der Waals surface area contributed by atoms with Gasteiger partial charge in [-0.05, 0) is 217 Å². The number of ether oxygens (including phenoxy) is 4. The van der Waals surface area contributed by atoms with Gasteiger partial charge in [0, 0.05) is 92.0 Å². The lowest BCUT2D eigenvalue weighted by atomic mass is 9.90. The zero-order valence-electron chi connectivity index (χ0n) is 65.8. The van der Waals surface area contributed by atoms with Gasteiger partial charge in [-0.1, -0.05) is 212 Å². The van der Waals surface area contributed by atoms with E-state index < -0.39 is 99.7 Å². The highest BCUT2D eigenvalue weighted by Gasteiger charge is 2.51. The van der Waals surface area contributed by atoms with Gasteiger partial charge in [-0.25, -0.2) is 0 Å². The molecule has 20 nitrogen and oxygen atoms in total. The lowest BCUT2D eigenvalue weighted by molar-refractivity contribution is -0.179. The second-order valence-electron chi connectivity index (χ2n) is 32.4. The van der Waals surface area contributed by atoms with Crippen molar-refractivity contribution in [2.75, 3.05) is 52.6 Å². The number of aliphatic hydroxyl groups is 8. The number of carbonyl (C=O) groups is 4. The van der Waals surface area contributed by atoms with Gasteiger partial charge in [0.15, 0.2) is 0 Å². The molecule has 8 aromatic carbocycles. The second-order valence-corrected chi connectivity index (χ2v) is 35.9. The van der Waals surface area contributed by atoms with Gasteiger partial charge < -0.3 is 79.4 Å². The van der Waals surface area contributed by atoms with Crippen molar-refractivity contribution in [3.05, 3.63) is 279 Å². The predicted octanol–water partition coefficient (Wildman–Crippen LogP) is 18.5. The van der Waals surface area contributed by atoms with Crippen LogP contribution in [0.4, 0.5) is 0 Å². The minimum Gasteiger partial charge on any atom is -0.394 e. The van der Waals surface area contributed by atoms with Gasteiger partial charge in [0.25, 0.3) is 23.6 Å². The number of aliphatic hydroxyl groups excluding tert-OH is 8. The van der Waals surface area contributed by atoms with Crippen molar-refractivity contribution in [1.29, 1.82) is 0 Å². The van der Waals surface area contributed by atoms with Crippen molar-refractivity contribution in [3.63, 3.8) is 0 Å². The molecule has 8 N–H and O–H groups in total. The molecule has 16 atom stereocenters. The van der Waals surface area contributed by atoms with Crippen LogP contribution in [0.5, 0.6) is 0 Å². The first-order valence-corrected chi connectivity index (χ1v) is 43.9. The molecule has 8 fully saturated rings. The quantitative estimate of drug-likeness (QED) is 0.0226. The highest BCUT2D eigenvalue weighted by Crippen LogP contribution is 2.51. The number of nitrogens with zero attached hydrogens (tertiary/aromatic N) is 4. The molecule has 4 saturated carbocycles. The minimum atomic E-state index is -1.02. The first kappa shape index (κ1) is 98.7. The zero-order valence-corrected chi connectivity index (χ0v) is 71.9. The van der Waals surface area contributed by atoms with E-state index in [4.69, 9.17) is 112 Å². The Morgan fingerprint density at radius 3 is 0.602 bits per heavy atom. The average Bonchev–Trinajstić information content (AvgIpc) is 1.72. The van der Waals surface area contributed by atoms with E-state index in [9.17, 15) is 60.0 Å². The highest BCUT2D eigenvalue weighted by molar-refractivity contribution is 6.32. The molecule has 0 aromatic heterocycles.